The number of hydrogen-bond acceptors (Lipinski definition) is 3. The van der Waals surface area contributed by atoms with E-state index in [0.29, 0.717) is 43.2 Å². The quantitative estimate of drug-likeness (QED) is 0.710. The van der Waals surface area contributed by atoms with Gasteiger partial charge in [0.25, 0.3) is 5.91 Å². The summed E-state index contributed by atoms with van der Waals surface area (Å²) in [7, 11) is 0. The lowest BCUT2D eigenvalue weighted by Gasteiger charge is -2.27. The van der Waals surface area contributed by atoms with E-state index in [4.69, 9.17) is 4.74 Å². The predicted octanol–water partition coefficient (Wildman–Crippen LogP) is 3.57. The summed E-state index contributed by atoms with van der Waals surface area (Å²) in [6.07, 6.45) is 0. The van der Waals surface area contributed by atoms with E-state index in [1.165, 1.54) is 12.1 Å². The molecule has 2 heterocycles. The first-order valence-electron chi connectivity index (χ1n) is 8.89. The molecule has 1 aliphatic rings. The van der Waals surface area contributed by atoms with E-state index in [-0.39, 0.29) is 11.7 Å². The molecule has 2 aromatic carbocycles. The van der Waals surface area contributed by atoms with Gasteiger partial charge in [0, 0.05) is 18.2 Å². The number of aromatic nitrogens is 2. The number of hydrogen-bond donors (Lipinski definition) is 0. The normalized spacial score (nSPS) is 13.3. The van der Waals surface area contributed by atoms with Gasteiger partial charge in [0.15, 0.2) is 0 Å². The average Bonchev–Trinajstić information content (AvgIpc) is 3.11. The number of aryl methyl sites for hydroxylation is 1. The van der Waals surface area contributed by atoms with Gasteiger partial charge in [-0.1, -0.05) is 30.3 Å². The SMILES string of the molecule is Cc1cc(C(=O)N2CCn3nc(OCc4ccccc4)cc3C2)ccc1F. The Hall–Kier alpha value is -3.15. The summed E-state index contributed by atoms with van der Waals surface area (Å²) >= 11 is 0. The molecular weight excluding hydrogens is 345 g/mol. The summed E-state index contributed by atoms with van der Waals surface area (Å²) in [6, 6.07) is 16.2. The van der Waals surface area contributed by atoms with E-state index in [2.05, 4.69) is 5.10 Å². The second-order valence-electron chi connectivity index (χ2n) is 6.66. The Balaban J connectivity index is 1.44. The van der Waals surface area contributed by atoms with Crippen LogP contribution in [-0.2, 0) is 19.7 Å². The minimum Gasteiger partial charge on any atom is -0.472 e. The summed E-state index contributed by atoms with van der Waals surface area (Å²) in [5.74, 6) is 0.154. The summed E-state index contributed by atoms with van der Waals surface area (Å²) in [5.41, 5.74) is 2.98. The molecule has 0 atom stereocenters. The number of carbonyl (C=O) groups excluding carboxylic acids is 1. The van der Waals surface area contributed by atoms with Crippen molar-refractivity contribution < 1.29 is 13.9 Å². The number of amides is 1. The van der Waals surface area contributed by atoms with Crippen LogP contribution in [0.5, 0.6) is 5.88 Å². The van der Waals surface area contributed by atoms with Crippen molar-refractivity contribution in [2.24, 2.45) is 0 Å². The number of fused-ring (bicyclic) bond motifs is 1. The van der Waals surface area contributed by atoms with Crippen molar-refractivity contribution in [3.63, 3.8) is 0 Å². The molecule has 0 bridgehead atoms. The second-order valence-corrected chi connectivity index (χ2v) is 6.66. The van der Waals surface area contributed by atoms with Crippen LogP contribution < -0.4 is 4.74 Å². The van der Waals surface area contributed by atoms with Gasteiger partial charge in [0.2, 0.25) is 5.88 Å². The molecule has 0 saturated carbocycles. The summed E-state index contributed by atoms with van der Waals surface area (Å²) < 4.78 is 21.1. The first-order valence-corrected chi connectivity index (χ1v) is 8.89. The Morgan fingerprint density at radius 1 is 1.15 bits per heavy atom. The number of nitrogens with zero attached hydrogens (tertiary/aromatic N) is 3. The Morgan fingerprint density at radius 2 is 1.96 bits per heavy atom. The van der Waals surface area contributed by atoms with Crippen molar-refractivity contribution in [1.29, 1.82) is 0 Å². The van der Waals surface area contributed by atoms with Gasteiger partial charge in [0.05, 0.1) is 18.8 Å². The zero-order valence-corrected chi connectivity index (χ0v) is 15.1. The van der Waals surface area contributed by atoms with Crippen LogP contribution in [0, 0.1) is 12.7 Å². The molecule has 0 saturated heterocycles. The maximum Gasteiger partial charge on any atom is 0.254 e. The van der Waals surface area contributed by atoms with Gasteiger partial charge >= 0.3 is 0 Å². The van der Waals surface area contributed by atoms with Gasteiger partial charge in [-0.05, 0) is 36.2 Å². The highest BCUT2D eigenvalue weighted by Crippen LogP contribution is 2.21. The van der Waals surface area contributed by atoms with Crippen LogP contribution in [-0.4, -0.2) is 27.1 Å². The fourth-order valence-electron chi connectivity index (χ4n) is 3.18. The summed E-state index contributed by atoms with van der Waals surface area (Å²) in [6.45, 7) is 3.73. The topological polar surface area (TPSA) is 47.4 Å². The third kappa shape index (κ3) is 3.69. The van der Waals surface area contributed by atoms with Gasteiger partial charge in [-0.25, -0.2) is 4.39 Å². The lowest BCUT2D eigenvalue weighted by Crippen LogP contribution is -2.38. The van der Waals surface area contributed by atoms with Crippen LogP contribution in [0.15, 0.2) is 54.6 Å². The highest BCUT2D eigenvalue weighted by atomic mass is 19.1. The van der Waals surface area contributed by atoms with Gasteiger partial charge in [0.1, 0.15) is 12.4 Å². The maximum atomic E-state index is 13.4. The summed E-state index contributed by atoms with van der Waals surface area (Å²) in [5, 5.41) is 4.46. The van der Waals surface area contributed by atoms with Crippen molar-refractivity contribution in [2.45, 2.75) is 26.6 Å². The predicted molar refractivity (Wildman–Crippen MR) is 98.9 cm³/mol. The molecule has 0 aliphatic carbocycles. The van der Waals surface area contributed by atoms with Crippen LogP contribution in [0.25, 0.3) is 0 Å². The van der Waals surface area contributed by atoms with Crippen LogP contribution >= 0.6 is 0 Å². The lowest BCUT2D eigenvalue weighted by molar-refractivity contribution is 0.0706. The zero-order chi connectivity index (χ0) is 18.8. The van der Waals surface area contributed by atoms with E-state index in [1.54, 1.807) is 17.9 Å². The Kier molecular flexibility index (Phi) is 4.62. The van der Waals surface area contributed by atoms with Gasteiger partial charge in [-0.15, -0.1) is 5.10 Å². The molecule has 1 amide bonds. The Morgan fingerprint density at radius 3 is 2.74 bits per heavy atom. The molecular formula is C21H20FN3O2. The van der Waals surface area contributed by atoms with Gasteiger partial charge in [-0.2, -0.15) is 0 Å². The molecule has 6 heteroatoms. The highest BCUT2D eigenvalue weighted by Gasteiger charge is 2.24. The first-order chi connectivity index (χ1) is 13.1. The molecule has 4 rings (SSSR count). The Bertz CT molecular complexity index is 969. The second kappa shape index (κ2) is 7.23. The fourth-order valence-corrected chi connectivity index (χ4v) is 3.18. The molecule has 27 heavy (non-hydrogen) atoms. The average molecular weight is 365 g/mol. The smallest absolute Gasteiger partial charge is 0.254 e. The van der Waals surface area contributed by atoms with Gasteiger partial charge in [-0.3, -0.25) is 9.48 Å². The van der Waals surface area contributed by atoms with Crippen molar-refractivity contribution >= 4 is 5.91 Å². The van der Waals surface area contributed by atoms with Crippen molar-refractivity contribution in [3.8, 4) is 5.88 Å². The maximum absolute atomic E-state index is 13.4. The van der Waals surface area contributed by atoms with Crippen molar-refractivity contribution in [2.75, 3.05) is 6.54 Å². The van der Waals surface area contributed by atoms with E-state index < -0.39 is 0 Å². The van der Waals surface area contributed by atoms with E-state index >= 15 is 0 Å². The molecule has 0 spiro atoms. The van der Waals surface area contributed by atoms with Crippen LogP contribution in [0.3, 0.4) is 0 Å². The molecule has 0 N–H and O–H groups in total. The highest BCUT2D eigenvalue weighted by molar-refractivity contribution is 5.94. The van der Waals surface area contributed by atoms with Crippen molar-refractivity contribution in [3.05, 3.63) is 82.8 Å². The summed E-state index contributed by atoms with van der Waals surface area (Å²) in [4.78, 5) is 14.5. The minimum atomic E-state index is -0.302. The third-order valence-electron chi connectivity index (χ3n) is 4.70. The number of carbonyl (C=O) groups is 1. The molecule has 0 unspecified atom stereocenters. The molecule has 0 radical (unpaired) electrons. The standard InChI is InChI=1S/C21H20FN3O2/c1-15-11-17(7-8-19(15)22)21(26)24-9-10-25-18(13-24)12-20(23-25)27-14-16-5-3-2-4-6-16/h2-8,11-12H,9-10,13-14H2,1H3. The monoisotopic (exact) mass is 365 g/mol. The zero-order valence-electron chi connectivity index (χ0n) is 15.1. The van der Waals surface area contributed by atoms with E-state index in [1.807, 2.05) is 41.1 Å². The first kappa shape index (κ1) is 17.3. The number of halogens is 1. The lowest BCUT2D eigenvalue weighted by atomic mass is 10.1. The molecule has 1 aliphatic heterocycles. The van der Waals surface area contributed by atoms with Crippen LogP contribution in [0.2, 0.25) is 0 Å². The van der Waals surface area contributed by atoms with E-state index in [9.17, 15) is 9.18 Å². The molecule has 5 nitrogen and oxygen atoms in total. The molecule has 3 aromatic rings. The van der Waals surface area contributed by atoms with Gasteiger partial charge < -0.3 is 9.64 Å². The fraction of sp³-hybridized carbons (Fsp3) is 0.238. The van der Waals surface area contributed by atoms with E-state index in [0.717, 1.165) is 11.3 Å². The number of rotatable bonds is 4. The Labute approximate surface area is 157 Å². The van der Waals surface area contributed by atoms with Crippen LogP contribution in [0.4, 0.5) is 4.39 Å². The van der Waals surface area contributed by atoms with Crippen molar-refractivity contribution in [1.82, 2.24) is 14.7 Å². The number of ether oxygens (including phenoxy) is 1. The molecule has 1 aromatic heterocycles. The van der Waals surface area contributed by atoms with Crippen LogP contribution in [0.1, 0.15) is 27.2 Å². The number of benzene rings is 2. The molecule has 0 fully saturated rings. The minimum absolute atomic E-state index is 0.0997. The third-order valence-corrected chi connectivity index (χ3v) is 4.70. The largest absolute Gasteiger partial charge is 0.472 e. The molecule has 138 valence electrons.